The van der Waals surface area contributed by atoms with Crippen molar-refractivity contribution in [2.45, 2.75) is 29.9 Å². The van der Waals surface area contributed by atoms with Crippen LogP contribution >= 0.6 is 31.1 Å². The fourth-order valence-corrected chi connectivity index (χ4v) is 6.13. The molecule has 0 N–H and O–H groups in total. The number of hydrogen-bond acceptors (Lipinski definition) is 1. The van der Waals surface area contributed by atoms with Crippen molar-refractivity contribution in [3.05, 3.63) is 124 Å². The van der Waals surface area contributed by atoms with Crippen LogP contribution in [0.3, 0.4) is 0 Å². The van der Waals surface area contributed by atoms with Gasteiger partial charge in [-0.3, -0.25) is 4.57 Å². The van der Waals surface area contributed by atoms with E-state index in [1.54, 1.807) is 0 Å². The fraction of sp³-hybridized carbons (Fsp3) is 0.172. The Morgan fingerprint density at radius 2 is 1.00 bits per heavy atom. The Kier molecular flexibility index (Phi) is 8.78. The average molecular weight is 550 g/mol. The van der Waals surface area contributed by atoms with E-state index in [0.29, 0.717) is 0 Å². The third-order valence-electron chi connectivity index (χ3n) is 5.52. The lowest BCUT2D eigenvalue weighted by molar-refractivity contribution is 0.573. The molecule has 0 saturated heterocycles. The van der Waals surface area contributed by atoms with Crippen molar-refractivity contribution in [1.82, 2.24) is 0 Å². The van der Waals surface area contributed by atoms with Crippen LogP contribution in [0.25, 0.3) is 18.2 Å². The van der Waals surface area contributed by atoms with Crippen molar-refractivity contribution < 1.29 is 4.57 Å². The van der Waals surface area contributed by atoms with Crippen molar-refractivity contribution >= 4 is 49.3 Å². The molecule has 32 heavy (non-hydrogen) atoms. The Morgan fingerprint density at radius 1 is 0.656 bits per heavy atom. The molecular formula is C29H28IOP. The molecule has 1 atom stereocenters. The molecule has 3 rings (SSSR count). The van der Waals surface area contributed by atoms with E-state index in [1.165, 1.54) is 0 Å². The zero-order chi connectivity index (χ0) is 23.0. The Hall–Kier alpha value is -2.29. The highest BCUT2D eigenvalue weighted by atomic mass is 127. The number of allylic oxidation sites excluding steroid dienone is 3. The molecule has 0 bridgehead atoms. The first-order valence-corrected chi connectivity index (χ1v) is 12.8. The number of halogens is 1. The van der Waals surface area contributed by atoms with Gasteiger partial charge in [0.1, 0.15) is 5.16 Å². The fourth-order valence-electron chi connectivity index (χ4n) is 3.90. The van der Waals surface area contributed by atoms with Gasteiger partial charge in [-0.05, 0) is 54.2 Å². The van der Waals surface area contributed by atoms with Gasteiger partial charge in [0.05, 0.1) is 3.92 Å². The second kappa shape index (κ2) is 11.5. The monoisotopic (exact) mass is 550 g/mol. The maximum Gasteiger partial charge on any atom is 0.173 e. The summed E-state index contributed by atoms with van der Waals surface area (Å²) < 4.78 is 13.1. The van der Waals surface area contributed by atoms with Gasteiger partial charge in [0, 0.05) is 0 Å². The van der Waals surface area contributed by atoms with Crippen LogP contribution in [-0.2, 0) is 9.72 Å². The second-order valence-electron chi connectivity index (χ2n) is 7.63. The smallest absolute Gasteiger partial charge is 0.173 e. The van der Waals surface area contributed by atoms with Crippen LogP contribution < -0.4 is 0 Å². The maximum atomic E-state index is 13.1. The van der Waals surface area contributed by atoms with Gasteiger partial charge in [0.15, 0.2) is 8.46 Å². The minimum atomic E-state index is -0.703. The van der Waals surface area contributed by atoms with Crippen LogP contribution in [0.2, 0.25) is 0 Å². The SMILES string of the molecule is CC=Cc1ccc(C(I)C(P=O)(c2ccc(C=CC)cc2)c2ccc(C=CC)cc2)cc1. The molecule has 0 aliphatic carbocycles. The summed E-state index contributed by atoms with van der Waals surface area (Å²) in [6.45, 7) is 6.04. The molecule has 0 aromatic heterocycles. The predicted molar refractivity (Wildman–Crippen MR) is 149 cm³/mol. The second-order valence-corrected chi connectivity index (χ2v) is 9.76. The van der Waals surface area contributed by atoms with Crippen molar-refractivity contribution in [3.63, 3.8) is 0 Å². The van der Waals surface area contributed by atoms with Gasteiger partial charge in [-0.2, -0.15) is 0 Å². The number of hydrogen-bond donors (Lipinski definition) is 0. The molecule has 0 amide bonds. The molecule has 0 spiro atoms. The summed E-state index contributed by atoms with van der Waals surface area (Å²) in [5.74, 6) is 0. The highest BCUT2D eigenvalue weighted by Crippen LogP contribution is 2.55. The Bertz CT molecular complexity index is 1050. The summed E-state index contributed by atoms with van der Waals surface area (Å²) in [5, 5.41) is -0.703. The Morgan fingerprint density at radius 3 is 1.31 bits per heavy atom. The summed E-state index contributed by atoms with van der Waals surface area (Å²) in [5.41, 5.74) is 6.67. The van der Waals surface area contributed by atoms with Crippen LogP contribution in [0.4, 0.5) is 0 Å². The van der Waals surface area contributed by atoms with Crippen LogP contribution in [-0.4, -0.2) is 0 Å². The maximum absolute atomic E-state index is 13.1. The largest absolute Gasteiger partial charge is 0.274 e. The Balaban J connectivity index is 2.17. The molecule has 3 heteroatoms. The molecule has 0 heterocycles. The summed E-state index contributed by atoms with van der Waals surface area (Å²) in [6.07, 6.45) is 12.3. The van der Waals surface area contributed by atoms with Crippen molar-refractivity contribution in [1.29, 1.82) is 0 Å². The molecule has 162 valence electrons. The van der Waals surface area contributed by atoms with Crippen LogP contribution in [0.1, 0.15) is 58.1 Å². The molecular weight excluding hydrogens is 522 g/mol. The van der Waals surface area contributed by atoms with E-state index in [2.05, 4.69) is 114 Å². The van der Waals surface area contributed by atoms with E-state index in [9.17, 15) is 4.57 Å². The van der Waals surface area contributed by atoms with E-state index in [1.807, 2.05) is 39.0 Å². The van der Waals surface area contributed by atoms with E-state index in [-0.39, 0.29) is 12.4 Å². The van der Waals surface area contributed by atoms with Crippen LogP contribution in [0.15, 0.2) is 91.0 Å². The first kappa shape index (κ1) is 24.4. The van der Waals surface area contributed by atoms with Crippen LogP contribution in [0, 0.1) is 0 Å². The first-order chi connectivity index (χ1) is 15.6. The van der Waals surface area contributed by atoms with E-state index < -0.39 is 5.16 Å². The molecule has 0 aliphatic heterocycles. The number of benzene rings is 3. The number of rotatable bonds is 8. The minimum absolute atomic E-state index is 0.0287. The standard InChI is InChI=1S/C29H28IOP/c1-4-7-22-10-16-25(17-11-22)28(30)29(32-31,26-18-12-23(8-5-2)13-19-26)27-20-14-24(9-6-3)15-21-27/h4-21,28H,1-3H3. The summed E-state index contributed by atoms with van der Waals surface area (Å²) in [7, 11) is 0.0686. The molecule has 3 aromatic rings. The minimum Gasteiger partial charge on any atom is -0.274 e. The molecule has 0 radical (unpaired) electrons. The van der Waals surface area contributed by atoms with Gasteiger partial charge in [-0.25, -0.2) is 0 Å². The summed E-state index contributed by atoms with van der Waals surface area (Å²) in [6, 6.07) is 25.4. The van der Waals surface area contributed by atoms with E-state index in [0.717, 1.165) is 33.4 Å². The zero-order valence-corrected chi connectivity index (χ0v) is 21.8. The molecule has 0 fully saturated rings. The van der Waals surface area contributed by atoms with E-state index >= 15 is 0 Å². The van der Waals surface area contributed by atoms with Gasteiger partial charge < -0.3 is 0 Å². The van der Waals surface area contributed by atoms with Gasteiger partial charge >= 0.3 is 0 Å². The third-order valence-corrected chi connectivity index (χ3v) is 8.73. The molecule has 3 aromatic carbocycles. The molecule has 1 unspecified atom stereocenters. The van der Waals surface area contributed by atoms with Gasteiger partial charge in [-0.1, -0.05) is 132 Å². The lowest BCUT2D eigenvalue weighted by Crippen LogP contribution is -2.26. The highest BCUT2D eigenvalue weighted by Gasteiger charge is 2.43. The van der Waals surface area contributed by atoms with Gasteiger partial charge in [0.2, 0.25) is 0 Å². The predicted octanol–water partition coefficient (Wildman–Crippen LogP) is 9.50. The lowest BCUT2D eigenvalue weighted by atomic mass is 9.83. The molecule has 0 aliphatic rings. The van der Waals surface area contributed by atoms with Gasteiger partial charge in [0.25, 0.3) is 0 Å². The highest BCUT2D eigenvalue weighted by molar-refractivity contribution is 14.1. The van der Waals surface area contributed by atoms with Crippen molar-refractivity contribution in [3.8, 4) is 0 Å². The summed E-state index contributed by atoms with van der Waals surface area (Å²) >= 11 is 2.46. The first-order valence-electron chi connectivity index (χ1n) is 10.8. The van der Waals surface area contributed by atoms with Gasteiger partial charge in [-0.15, -0.1) is 0 Å². The average Bonchev–Trinajstić information content (AvgIpc) is 2.83. The molecule has 1 nitrogen and oxygen atoms in total. The quantitative estimate of drug-likeness (QED) is 0.155. The zero-order valence-electron chi connectivity index (χ0n) is 18.7. The Labute approximate surface area is 207 Å². The van der Waals surface area contributed by atoms with Crippen molar-refractivity contribution in [2.75, 3.05) is 0 Å². The normalized spacial score (nSPS) is 15.0. The van der Waals surface area contributed by atoms with Crippen molar-refractivity contribution in [2.24, 2.45) is 0 Å². The lowest BCUT2D eigenvalue weighted by Gasteiger charge is -2.34. The van der Waals surface area contributed by atoms with Crippen LogP contribution in [0.5, 0.6) is 0 Å². The number of alkyl halides is 1. The third kappa shape index (κ3) is 5.19. The topological polar surface area (TPSA) is 17.1 Å². The van der Waals surface area contributed by atoms with E-state index in [4.69, 9.17) is 0 Å². The molecule has 0 saturated carbocycles. The summed E-state index contributed by atoms with van der Waals surface area (Å²) in [4.78, 5) is 0.